The number of unbranched alkanes of at least 4 members (excludes halogenated alkanes) is 21. The summed E-state index contributed by atoms with van der Waals surface area (Å²) in [6, 6.07) is -0.738. The van der Waals surface area contributed by atoms with Crippen molar-refractivity contribution in [2.45, 2.75) is 251 Å². The minimum atomic E-state index is -0.819. The molecule has 0 aliphatic rings. The number of rotatable bonds is 48. The lowest BCUT2D eigenvalue weighted by atomic mass is 10.0. The highest BCUT2D eigenvalue weighted by Gasteiger charge is 2.24. The zero-order chi connectivity index (χ0) is 49.5. The minimum absolute atomic E-state index is 0.0139. The average Bonchev–Trinajstić information content (AvgIpc) is 3.33. The van der Waals surface area contributed by atoms with Crippen LogP contribution in [0.5, 0.6) is 0 Å². The Morgan fingerprint density at radius 1 is 0.456 bits per heavy atom. The first-order valence-corrected chi connectivity index (χ1v) is 27.8. The van der Waals surface area contributed by atoms with Crippen LogP contribution in [-0.4, -0.2) is 46.9 Å². The zero-order valence-electron chi connectivity index (χ0n) is 43.9. The van der Waals surface area contributed by atoms with Crippen LogP contribution in [0.25, 0.3) is 0 Å². The molecule has 0 aliphatic heterocycles. The van der Waals surface area contributed by atoms with E-state index in [2.05, 4.69) is 92.9 Å². The van der Waals surface area contributed by atoms with E-state index < -0.39 is 18.2 Å². The molecule has 0 spiro atoms. The Labute approximate surface area is 419 Å². The van der Waals surface area contributed by atoms with Crippen molar-refractivity contribution < 1.29 is 24.5 Å². The van der Waals surface area contributed by atoms with Gasteiger partial charge in [0.05, 0.1) is 25.2 Å². The topological polar surface area (TPSA) is 95.9 Å². The second-order valence-corrected chi connectivity index (χ2v) is 18.4. The van der Waals surface area contributed by atoms with Crippen LogP contribution in [0.3, 0.4) is 0 Å². The molecule has 6 heteroatoms. The minimum Gasteiger partial charge on any atom is -0.462 e. The summed E-state index contributed by atoms with van der Waals surface area (Å²) in [5, 5.41) is 23.8. The molecule has 0 aromatic rings. The third-order valence-electron chi connectivity index (χ3n) is 11.9. The predicted molar refractivity (Wildman–Crippen MR) is 296 cm³/mol. The van der Waals surface area contributed by atoms with Gasteiger partial charge in [-0.1, -0.05) is 258 Å². The molecule has 0 radical (unpaired) electrons. The Morgan fingerprint density at radius 2 is 0.868 bits per heavy atom. The van der Waals surface area contributed by atoms with E-state index in [4.69, 9.17) is 4.74 Å². The molecule has 0 aromatic carbocycles. The summed E-state index contributed by atoms with van der Waals surface area (Å²) in [5.41, 5.74) is 0. The lowest BCUT2D eigenvalue weighted by Crippen LogP contribution is -2.46. The van der Waals surface area contributed by atoms with E-state index in [1.165, 1.54) is 103 Å². The maximum Gasteiger partial charge on any atom is 0.306 e. The van der Waals surface area contributed by atoms with Gasteiger partial charge in [0.15, 0.2) is 0 Å². The lowest BCUT2D eigenvalue weighted by molar-refractivity contribution is -0.151. The van der Waals surface area contributed by atoms with E-state index in [1.807, 2.05) is 54.7 Å². The standard InChI is InChI=1S/C62H103NO5/c1-4-7-10-13-16-19-22-25-28-30-33-35-38-41-44-47-50-53-58(68-62(67)55-52-49-46-43-40-37-34-31-29-26-23-20-17-14-11-8-5-2)56-61(66)63-59(57-64)60(65)54-51-48-45-42-39-36-32-27-24-21-18-15-12-9-6-3/h8,11,14,16-17,19-20,23,25-26,28-29,31,33-35,37,40-41,44,58-60,64-65H,4-7,9-10,12-13,15,18,21-22,24,27,30,32,36,38-39,42-43,45-57H2,1-3H3,(H,63,66)/b11-8-,17-14+,19-16-,23-20+,28-25-,29-26-,34-31+,35-33-,40-37+,44-41-. The molecule has 0 fully saturated rings. The molecule has 0 saturated heterocycles. The molecule has 0 aromatic heterocycles. The molecule has 3 N–H and O–H groups in total. The van der Waals surface area contributed by atoms with Gasteiger partial charge in [-0.15, -0.1) is 0 Å². The smallest absolute Gasteiger partial charge is 0.306 e. The Morgan fingerprint density at radius 3 is 1.38 bits per heavy atom. The molecule has 0 saturated carbocycles. The largest absolute Gasteiger partial charge is 0.462 e. The number of hydrogen-bond donors (Lipinski definition) is 3. The van der Waals surface area contributed by atoms with Gasteiger partial charge in [0, 0.05) is 6.42 Å². The summed E-state index contributed by atoms with van der Waals surface area (Å²) in [6.45, 7) is 6.29. The Kier molecular flexibility index (Phi) is 51.2. The van der Waals surface area contributed by atoms with E-state index in [9.17, 15) is 19.8 Å². The Balaban J connectivity index is 4.79. The average molecular weight is 943 g/mol. The Hall–Kier alpha value is -3.74. The fourth-order valence-corrected chi connectivity index (χ4v) is 7.74. The zero-order valence-corrected chi connectivity index (χ0v) is 43.9. The summed E-state index contributed by atoms with van der Waals surface area (Å²) < 4.78 is 5.90. The van der Waals surface area contributed by atoms with Crippen molar-refractivity contribution in [3.8, 4) is 0 Å². The molecule has 6 nitrogen and oxygen atoms in total. The van der Waals surface area contributed by atoms with Gasteiger partial charge in [0.1, 0.15) is 6.10 Å². The van der Waals surface area contributed by atoms with E-state index in [1.54, 1.807) is 0 Å². The second-order valence-electron chi connectivity index (χ2n) is 18.4. The van der Waals surface area contributed by atoms with Gasteiger partial charge in [-0.3, -0.25) is 9.59 Å². The SMILES string of the molecule is CC\C=C/C=C/C=C/C=C\C=C\C=C\CCCCCC(=O)OC(CCC/C=C\C/C=C\C/C=C\C/C=C\CCCCC)CC(=O)NC(CO)C(O)CCCCCCCCCCCCCCCCC. The molecule has 386 valence electrons. The number of nitrogens with one attached hydrogen (secondary N) is 1. The molecule has 0 aliphatic carbocycles. The fourth-order valence-electron chi connectivity index (χ4n) is 7.74. The highest BCUT2D eigenvalue weighted by Crippen LogP contribution is 2.17. The number of esters is 1. The monoisotopic (exact) mass is 942 g/mol. The van der Waals surface area contributed by atoms with E-state index in [0.29, 0.717) is 19.3 Å². The van der Waals surface area contributed by atoms with E-state index in [0.717, 1.165) is 83.5 Å². The van der Waals surface area contributed by atoms with Crippen LogP contribution in [0.15, 0.2) is 122 Å². The summed E-state index contributed by atoms with van der Waals surface area (Å²) in [5.74, 6) is -0.588. The van der Waals surface area contributed by atoms with Gasteiger partial charge in [-0.2, -0.15) is 0 Å². The van der Waals surface area contributed by atoms with Crippen LogP contribution in [0.4, 0.5) is 0 Å². The number of ether oxygens (including phenoxy) is 1. The van der Waals surface area contributed by atoms with Crippen molar-refractivity contribution in [2.24, 2.45) is 0 Å². The summed E-state index contributed by atoms with van der Waals surface area (Å²) >= 11 is 0. The summed E-state index contributed by atoms with van der Waals surface area (Å²) in [6.07, 6.45) is 75.4. The molecule has 3 atom stereocenters. The quantitative estimate of drug-likeness (QED) is 0.0244. The highest BCUT2D eigenvalue weighted by atomic mass is 16.5. The third kappa shape index (κ3) is 48.7. The van der Waals surface area contributed by atoms with Crippen LogP contribution in [-0.2, 0) is 14.3 Å². The summed E-state index contributed by atoms with van der Waals surface area (Å²) in [7, 11) is 0. The molecular formula is C62H103NO5. The summed E-state index contributed by atoms with van der Waals surface area (Å²) in [4.78, 5) is 26.2. The van der Waals surface area contributed by atoms with Crippen LogP contribution in [0.1, 0.15) is 233 Å². The number of amides is 1. The first-order chi connectivity index (χ1) is 33.5. The maximum absolute atomic E-state index is 13.3. The van der Waals surface area contributed by atoms with Crippen molar-refractivity contribution in [2.75, 3.05) is 6.61 Å². The molecule has 0 rings (SSSR count). The van der Waals surface area contributed by atoms with Crippen LogP contribution in [0, 0.1) is 0 Å². The lowest BCUT2D eigenvalue weighted by Gasteiger charge is -2.24. The molecule has 3 unspecified atom stereocenters. The molecule has 68 heavy (non-hydrogen) atoms. The number of carbonyl (C=O) groups is 2. The van der Waals surface area contributed by atoms with Crippen LogP contribution >= 0.6 is 0 Å². The first kappa shape index (κ1) is 64.3. The number of aliphatic hydroxyl groups is 2. The van der Waals surface area contributed by atoms with E-state index in [-0.39, 0.29) is 24.9 Å². The highest BCUT2D eigenvalue weighted by molar-refractivity contribution is 5.77. The van der Waals surface area contributed by atoms with E-state index >= 15 is 0 Å². The maximum atomic E-state index is 13.3. The molecule has 1 amide bonds. The van der Waals surface area contributed by atoms with Gasteiger partial charge < -0.3 is 20.3 Å². The van der Waals surface area contributed by atoms with Crippen molar-refractivity contribution in [1.82, 2.24) is 5.32 Å². The van der Waals surface area contributed by atoms with Crippen molar-refractivity contribution in [1.29, 1.82) is 0 Å². The number of allylic oxidation sites excluding steroid dienone is 20. The van der Waals surface area contributed by atoms with Crippen LogP contribution < -0.4 is 5.32 Å². The van der Waals surface area contributed by atoms with Gasteiger partial charge in [0.2, 0.25) is 5.91 Å². The number of carbonyl (C=O) groups excluding carboxylic acids is 2. The number of aliphatic hydroxyl groups excluding tert-OH is 2. The Bertz CT molecular complexity index is 1430. The molecular weight excluding hydrogens is 839 g/mol. The van der Waals surface area contributed by atoms with Gasteiger partial charge in [-0.05, 0) is 83.5 Å². The van der Waals surface area contributed by atoms with Gasteiger partial charge in [0.25, 0.3) is 0 Å². The third-order valence-corrected chi connectivity index (χ3v) is 11.9. The molecule has 0 heterocycles. The fraction of sp³-hybridized carbons (Fsp3) is 0.645. The molecule has 0 bridgehead atoms. The number of hydrogen-bond acceptors (Lipinski definition) is 5. The van der Waals surface area contributed by atoms with Crippen LogP contribution in [0.2, 0.25) is 0 Å². The van der Waals surface area contributed by atoms with Gasteiger partial charge >= 0.3 is 5.97 Å². The first-order valence-electron chi connectivity index (χ1n) is 27.8. The van der Waals surface area contributed by atoms with Crippen molar-refractivity contribution >= 4 is 11.9 Å². The second kappa shape index (κ2) is 54.2. The van der Waals surface area contributed by atoms with Crippen molar-refractivity contribution in [3.63, 3.8) is 0 Å². The predicted octanol–water partition coefficient (Wildman–Crippen LogP) is 17.2. The van der Waals surface area contributed by atoms with Crippen molar-refractivity contribution in [3.05, 3.63) is 122 Å². The normalized spacial score (nSPS) is 14.1. The van der Waals surface area contributed by atoms with Gasteiger partial charge in [-0.25, -0.2) is 0 Å².